The highest BCUT2D eigenvalue weighted by Crippen LogP contribution is 2.30. The zero-order chi connectivity index (χ0) is 23.5. The van der Waals surface area contributed by atoms with Crippen LogP contribution >= 0.6 is 0 Å². The zero-order valence-corrected chi connectivity index (χ0v) is 17.5. The van der Waals surface area contributed by atoms with Gasteiger partial charge in [-0.05, 0) is 43.7 Å². The number of carbonyl (C=O) groups excluding carboxylic acids is 2. The van der Waals surface area contributed by atoms with Crippen LogP contribution in [0.2, 0.25) is 0 Å². The number of hydrogen-bond donors (Lipinski definition) is 2. The van der Waals surface area contributed by atoms with Crippen LogP contribution < -0.4 is 10.4 Å². The lowest BCUT2D eigenvalue weighted by molar-refractivity contribution is -0.141. The standard InChI is InChI=1S/C21H23F3N4O4/c1-13-10-27(11-14(2)32-13)20(30)28(18-5-3-4-17(25-18)21(22,23)24)12-15-6-8-16(9-7-15)19(29)26-31/h3-9,13-14,31H,10-12H2,1-2H3,(H,26,29). The molecule has 2 aromatic rings. The molecule has 172 valence electrons. The van der Waals surface area contributed by atoms with Crippen molar-refractivity contribution in [3.63, 3.8) is 0 Å². The normalized spacial score (nSPS) is 18.9. The Morgan fingerprint density at radius 1 is 1.16 bits per heavy atom. The van der Waals surface area contributed by atoms with E-state index in [4.69, 9.17) is 9.94 Å². The van der Waals surface area contributed by atoms with Gasteiger partial charge in [0.2, 0.25) is 0 Å². The summed E-state index contributed by atoms with van der Waals surface area (Å²) in [5, 5.41) is 8.73. The maximum Gasteiger partial charge on any atom is 0.433 e. The number of anilines is 1. The lowest BCUT2D eigenvalue weighted by Gasteiger charge is -2.38. The van der Waals surface area contributed by atoms with Crippen LogP contribution in [0.1, 0.15) is 35.5 Å². The topological polar surface area (TPSA) is 95.0 Å². The Morgan fingerprint density at radius 2 is 1.78 bits per heavy atom. The van der Waals surface area contributed by atoms with Gasteiger partial charge in [0.05, 0.1) is 18.8 Å². The van der Waals surface area contributed by atoms with Crippen LogP contribution in [-0.4, -0.2) is 52.3 Å². The van der Waals surface area contributed by atoms with Gasteiger partial charge in [0.25, 0.3) is 5.91 Å². The van der Waals surface area contributed by atoms with Crippen LogP contribution in [0.4, 0.5) is 23.8 Å². The molecule has 2 atom stereocenters. The average Bonchev–Trinajstić information content (AvgIpc) is 2.75. The van der Waals surface area contributed by atoms with Crippen LogP contribution in [0.15, 0.2) is 42.5 Å². The van der Waals surface area contributed by atoms with Crippen molar-refractivity contribution in [3.05, 3.63) is 59.3 Å². The highest BCUT2D eigenvalue weighted by atomic mass is 19.4. The smallest absolute Gasteiger partial charge is 0.372 e. The highest BCUT2D eigenvalue weighted by Gasteiger charge is 2.35. The summed E-state index contributed by atoms with van der Waals surface area (Å²) in [5.74, 6) is -0.853. The van der Waals surface area contributed by atoms with Gasteiger partial charge < -0.3 is 9.64 Å². The second-order valence-corrected chi connectivity index (χ2v) is 7.55. The van der Waals surface area contributed by atoms with Gasteiger partial charge in [-0.1, -0.05) is 18.2 Å². The Kier molecular flexibility index (Phi) is 6.99. The predicted molar refractivity (Wildman–Crippen MR) is 108 cm³/mol. The van der Waals surface area contributed by atoms with E-state index in [1.165, 1.54) is 39.5 Å². The molecule has 0 spiro atoms. The number of benzene rings is 1. The van der Waals surface area contributed by atoms with E-state index in [9.17, 15) is 22.8 Å². The van der Waals surface area contributed by atoms with Gasteiger partial charge in [0.15, 0.2) is 0 Å². The van der Waals surface area contributed by atoms with Gasteiger partial charge >= 0.3 is 12.2 Å². The number of halogens is 3. The molecule has 2 N–H and O–H groups in total. The minimum atomic E-state index is -4.66. The summed E-state index contributed by atoms with van der Waals surface area (Å²) >= 11 is 0. The number of ether oxygens (including phenoxy) is 1. The number of aromatic nitrogens is 1. The molecule has 3 amide bonds. The van der Waals surface area contributed by atoms with Crippen LogP contribution in [0, 0.1) is 0 Å². The third-order valence-corrected chi connectivity index (χ3v) is 4.88. The molecule has 1 aromatic carbocycles. The molecular weight excluding hydrogens is 429 g/mol. The number of urea groups is 1. The summed E-state index contributed by atoms with van der Waals surface area (Å²) in [5.41, 5.74) is 1.15. The second kappa shape index (κ2) is 9.53. The second-order valence-electron chi connectivity index (χ2n) is 7.55. The summed E-state index contributed by atoms with van der Waals surface area (Å²) in [6.45, 7) is 4.12. The van der Waals surface area contributed by atoms with E-state index >= 15 is 0 Å². The monoisotopic (exact) mass is 452 g/mol. The Bertz CT molecular complexity index is 958. The number of nitrogens with one attached hydrogen (secondary N) is 1. The van der Waals surface area contributed by atoms with E-state index in [1.807, 2.05) is 13.8 Å². The first-order chi connectivity index (χ1) is 15.1. The molecule has 1 saturated heterocycles. The maximum atomic E-state index is 13.4. The molecule has 1 aliphatic rings. The predicted octanol–water partition coefficient (Wildman–Crippen LogP) is 3.46. The lowest BCUT2D eigenvalue weighted by atomic mass is 10.1. The largest absolute Gasteiger partial charge is 0.433 e. The van der Waals surface area contributed by atoms with Crippen molar-refractivity contribution >= 4 is 17.8 Å². The van der Waals surface area contributed by atoms with Crippen molar-refractivity contribution in [3.8, 4) is 0 Å². The number of morpholine rings is 1. The maximum absolute atomic E-state index is 13.4. The Balaban J connectivity index is 1.94. The number of nitrogens with zero attached hydrogens (tertiary/aromatic N) is 3. The lowest BCUT2D eigenvalue weighted by Crippen LogP contribution is -2.53. The van der Waals surface area contributed by atoms with Gasteiger partial charge in [-0.15, -0.1) is 0 Å². The SMILES string of the molecule is CC1CN(C(=O)N(Cc2ccc(C(=O)NO)cc2)c2cccc(C(F)(F)F)n2)CC(C)O1. The van der Waals surface area contributed by atoms with Crippen LogP contribution in [-0.2, 0) is 17.5 Å². The average molecular weight is 452 g/mol. The third-order valence-electron chi connectivity index (χ3n) is 4.88. The number of pyridine rings is 1. The highest BCUT2D eigenvalue weighted by molar-refractivity contribution is 5.93. The minimum Gasteiger partial charge on any atom is -0.372 e. The van der Waals surface area contributed by atoms with E-state index in [0.717, 1.165) is 6.07 Å². The van der Waals surface area contributed by atoms with Gasteiger partial charge in [-0.3, -0.25) is 14.9 Å². The molecule has 1 fully saturated rings. The number of hydroxylamine groups is 1. The van der Waals surface area contributed by atoms with E-state index in [-0.39, 0.29) is 43.2 Å². The van der Waals surface area contributed by atoms with Crippen molar-refractivity contribution in [2.45, 2.75) is 38.8 Å². The molecule has 32 heavy (non-hydrogen) atoms. The number of rotatable bonds is 4. The third kappa shape index (κ3) is 5.54. The van der Waals surface area contributed by atoms with Crippen LogP contribution in [0.3, 0.4) is 0 Å². The molecule has 3 rings (SSSR count). The molecule has 2 unspecified atom stereocenters. The number of carbonyl (C=O) groups is 2. The first kappa shape index (κ1) is 23.5. The molecule has 1 aliphatic heterocycles. The molecule has 8 nitrogen and oxygen atoms in total. The summed E-state index contributed by atoms with van der Waals surface area (Å²) in [6, 6.07) is 8.83. The van der Waals surface area contributed by atoms with Gasteiger partial charge in [0.1, 0.15) is 11.5 Å². The molecule has 1 aromatic heterocycles. The summed E-state index contributed by atoms with van der Waals surface area (Å²) in [7, 11) is 0. The molecule has 2 heterocycles. The fourth-order valence-corrected chi connectivity index (χ4v) is 3.49. The van der Waals surface area contributed by atoms with Crippen LogP contribution in [0.25, 0.3) is 0 Å². The number of alkyl halides is 3. The number of hydrogen-bond acceptors (Lipinski definition) is 5. The van der Waals surface area contributed by atoms with E-state index < -0.39 is 23.8 Å². The van der Waals surface area contributed by atoms with Crippen molar-refractivity contribution < 1.29 is 32.7 Å². The molecule has 0 bridgehead atoms. The number of amides is 3. The summed E-state index contributed by atoms with van der Waals surface area (Å²) < 4.78 is 45.3. The van der Waals surface area contributed by atoms with Crippen molar-refractivity contribution in [2.24, 2.45) is 0 Å². The molecule has 0 radical (unpaired) electrons. The molecule has 0 aliphatic carbocycles. The van der Waals surface area contributed by atoms with E-state index in [2.05, 4.69) is 4.98 Å². The summed E-state index contributed by atoms with van der Waals surface area (Å²) in [6.07, 6.45) is -5.11. The Morgan fingerprint density at radius 3 is 2.34 bits per heavy atom. The first-order valence-electron chi connectivity index (χ1n) is 9.88. The Hall–Kier alpha value is -3.18. The molecule has 0 saturated carbocycles. The minimum absolute atomic E-state index is 0.0751. The quantitative estimate of drug-likeness (QED) is 0.547. The first-order valence-corrected chi connectivity index (χ1v) is 9.88. The molecular formula is C21H23F3N4O4. The van der Waals surface area contributed by atoms with E-state index in [0.29, 0.717) is 5.56 Å². The van der Waals surface area contributed by atoms with Crippen molar-refractivity contribution in [2.75, 3.05) is 18.0 Å². The molecule has 11 heteroatoms. The van der Waals surface area contributed by atoms with E-state index in [1.54, 1.807) is 12.1 Å². The fourth-order valence-electron chi connectivity index (χ4n) is 3.49. The van der Waals surface area contributed by atoms with Gasteiger partial charge in [0, 0.05) is 18.7 Å². The van der Waals surface area contributed by atoms with Crippen molar-refractivity contribution in [1.82, 2.24) is 15.4 Å². The van der Waals surface area contributed by atoms with Gasteiger partial charge in [-0.25, -0.2) is 15.3 Å². The Labute approximate surface area is 182 Å². The fraction of sp³-hybridized carbons (Fsp3) is 0.381. The summed E-state index contributed by atoms with van der Waals surface area (Å²) in [4.78, 5) is 31.2. The zero-order valence-electron chi connectivity index (χ0n) is 17.5. The van der Waals surface area contributed by atoms with Crippen LogP contribution in [0.5, 0.6) is 0 Å². The van der Waals surface area contributed by atoms with Crippen molar-refractivity contribution in [1.29, 1.82) is 0 Å². The van der Waals surface area contributed by atoms with Gasteiger partial charge in [-0.2, -0.15) is 13.2 Å².